The molecule has 2 N–H and O–H groups in total. The Balaban J connectivity index is 1.29. The summed E-state index contributed by atoms with van der Waals surface area (Å²) in [5, 5.41) is 6.04. The number of carbonyl (C=O) groups excluding carboxylic acids is 3. The van der Waals surface area contributed by atoms with Crippen molar-refractivity contribution in [1.82, 2.24) is 15.5 Å². The summed E-state index contributed by atoms with van der Waals surface area (Å²) in [5.41, 5.74) is 4.39. The van der Waals surface area contributed by atoms with Crippen LogP contribution in [0.1, 0.15) is 66.6 Å². The zero-order valence-corrected chi connectivity index (χ0v) is 22.7. The van der Waals surface area contributed by atoms with E-state index in [1.807, 2.05) is 18.2 Å². The van der Waals surface area contributed by atoms with Crippen molar-refractivity contribution < 1.29 is 14.4 Å². The van der Waals surface area contributed by atoms with Crippen LogP contribution < -0.4 is 10.6 Å². The van der Waals surface area contributed by atoms with E-state index in [4.69, 9.17) is 0 Å². The van der Waals surface area contributed by atoms with E-state index < -0.39 is 6.04 Å². The average Bonchev–Trinajstić information content (AvgIpc) is 3.22. The largest absolute Gasteiger partial charge is 0.322 e. The minimum Gasteiger partial charge on any atom is -0.322 e. The molecule has 0 saturated carbocycles. The van der Waals surface area contributed by atoms with Gasteiger partial charge in [0.1, 0.15) is 6.04 Å². The maximum atomic E-state index is 13.0. The van der Waals surface area contributed by atoms with E-state index in [1.165, 1.54) is 11.1 Å². The standard InChI is InChI=1S/C30H37N3O3S/c1-4-17-30(3,5-2)31-18-15-21-9-11-22(12-10-21)16-19-37-26-8-6-7-23-24(26)20-33(29(23)36)25-13-14-27(34)32-28(25)35/h4,6-12,25,31H,1,5,13-20H2,2-3H3,(H,32,34,35). The highest BCUT2D eigenvalue weighted by Gasteiger charge is 2.39. The van der Waals surface area contributed by atoms with Gasteiger partial charge in [0.2, 0.25) is 11.8 Å². The van der Waals surface area contributed by atoms with Gasteiger partial charge in [-0.05, 0) is 74.4 Å². The first-order valence-electron chi connectivity index (χ1n) is 13.2. The molecule has 4 rings (SSSR count). The first-order chi connectivity index (χ1) is 17.8. The SMILES string of the molecule is C=CCC(C)(CC)NCCc1ccc(CCSc2cccc3c2CN(C2CCC(=O)NC2=O)C3=O)cc1. The Morgan fingerprint density at radius 3 is 2.54 bits per heavy atom. The predicted octanol–water partition coefficient (Wildman–Crippen LogP) is 4.66. The molecule has 2 aliphatic rings. The molecule has 0 aromatic heterocycles. The first-order valence-corrected chi connectivity index (χ1v) is 14.1. The highest BCUT2D eigenvalue weighted by Crippen LogP contribution is 2.34. The number of piperidine rings is 1. The molecule has 3 amide bonds. The topological polar surface area (TPSA) is 78.5 Å². The van der Waals surface area contributed by atoms with Gasteiger partial charge in [-0.3, -0.25) is 19.7 Å². The van der Waals surface area contributed by atoms with Crippen LogP contribution in [-0.2, 0) is 29.0 Å². The van der Waals surface area contributed by atoms with E-state index in [0.717, 1.165) is 48.4 Å². The van der Waals surface area contributed by atoms with Gasteiger partial charge in [0.05, 0.1) is 0 Å². The van der Waals surface area contributed by atoms with Gasteiger partial charge in [-0.1, -0.05) is 43.3 Å². The molecule has 7 heteroatoms. The van der Waals surface area contributed by atoms with E-state index in [2.05, 4.69) is 61.4 Å². The lowest BCUT2D eigenvalue weighted by molar-refractivity contribution is -0.136. The van der Waals surface area contributed by atoms with Crippen LogP contribution in [0.2, 0.25) is 0 Å². The molecule has 2 aromatic carbocycles. The summed E-state index contributed by atoms with van der Waals surface area (Å²) in [7, 11) is 0. The average molecular weight is 520 g/mol. The molecule has 1 fully saturated rings. The van der Waals surface area contributed by atoms with Crippen LogP contribution in [0.15, 0.2) is 60.0 Å². The van der Waals surface area contributed by atoms with Gasteiger partial charge in [-0.2, -0.15) is 0 Å². The number of nitrogens with one attached hydrogen (secondary N) is 2. The van der Waals surface area contributed by atoms with Crippen molar-refractivity contribution in [1.29, 1.82) is 0 Å². The van der Waals surface area contributed by atoms with E-state index in [1.54, 1.807) is 16.7 Å². The highest BCUT2D eigenvalue weighted by atomic mass is 32.2. The van der Waals surface area contributed by atoms with Crippen molar-refractivity contribution in [2.45, 2.75) is 75.4 Å². The van der Waals surface area contributed by atoms with E-state index in [-0.39, 0.29) is 29.7 Å². The molecule has 2 heterocycles. The van der Waals surface area contributed by atoms with Crippen LogP contribution in [0.3, 0.4) is 0 Å². The number of thioether (sulfide) groups is 1. The molecule has 0 radical (unpaired) electrons. The number of carbonyl (C=O) groups is 3. The molecule has 2 atom stereocenters. The number of amides is 3. The van der Waals surface area contributed by atoms with Crippen molar-refractivity contribution in [2.75, 3.05) is 12.3 Å². The van der Waals surface area contributed by atoms with Crippen molar-refractivity contribution in [2.24, 2.45) is 0 Å². The Bertz CT molecular complexity index is 1160. The van der Waals surface area contributed by atoms with Gasteiger partial charge in [0, 0.05) is 34.7 Å². The summed E-state index contributed by atoms with van der Waals surface area (Å²) in [4.78, 5) is 39.6. The Hall–Kier alpha value is -2.90. The lowest BCUT2D eigenvalue weighted by atomic mass is 9.94. The molecule has 2 aromatic rings. The lowest BCUT2D eigenvalue weighted by Crippen LogP contribution is -2.52. The van der Waals surface area contributed by atoms with Gasteiger partial charge in [-0.15, -0.1) is 18.3 Å². The van der Waals surface area contributed by atoms with Crippen LogP contribution in [0, 0.1) is 0 Å². The fourth-order valence-corrected chi connectivity index (χ4v) is 6.09. The number of rotatable bonds is 12. The van der Waals surface area contributed by atoms with Crippen LogP contribution in [0.25, 0.3) is 0 Å². The summed E-state index contributed by atoms with van der Waals surface area (Å²) in [6.45, 7) is 9.69. The number of imide groups is 1. The second-order valence-corrected chi connectivity index (χ2v) is 11.3. The third-order valence-corrected chi connectivity index (χ3v) is 8.65. The van der Waals surface area contributed by atoms with Crippen LogP contribution in [0.5, 0.6) is 0 Å². The normalized spacial score (nSPS) is 18.9. The minimum absolute atomic E-state index is 0.111. The third kappa shape index (κ3) is 6.51. The molecular formula is C30H37N3O3S. The fraction of sp³-hybridized carbons (Fsp3) is 0.433. The maximum absolute atomic E-state index is 13.0. The van der Waals surface area contributed by atoms with Gasteiger partial charge >= 0.3 is 0 Å². The number of benzene rings is 2. The predicted molar refractivity (Wildman–Crippen MR) is 149 cm³/mol. The molecule has 196 valence electrons. The van der Waals surface area contributed by atoms with Crippen LogP contribution in [-0.4, -0.2) is 46.5 Å². The van der Waals surface area contributed by atoms with Gasteiger partial charge in [0.15, 0.2) is 0 Å². The third-order valence-electron chi connectivity index (χ3n) is 7.55. The number of hydrogen-bond acceptors (Lipinski definition) is 5. The molecule has 0 bridgehead atoms. The van der Waals surface area contributed by atoms with E-state index >= 15 is 0 Å². The van der Waals surface area contributed by atoms with E-state index in [9.17, 15) is 14.4 Å². The summed E-state index contributed by atoms with van der Waals surface area (Å²) in [5.74, 6) is 0.137. The second kappa shape index (κ2) is 12.1. The Morgan fingerprint density at radius 1 is 1.14 bits per heavy atom. The summed E-state index contributed by atoms with van der Waals surface area (Å²) in [6, 6.07) is 14.1. The minimum atomic E-state index is -0.582. The number of nitrogens with zero attached hydrogens (tertiary/aromatic N) is 1. The highest BCUT2D eigenvalue weighted by molar-refractivity contribution is 7.99. The summed E-state index contributed by atoms with van der Waals surface area (Å²) in [6.07, 6.45) is 6.60. The molecular weight excluding hydrogens is 482 g/mol. The fourth-order valence-electron chi connectivity index (χ4n) is 5.01. The van der Waals surface area contributed by atoms with Crippen molar-refractivity contribution >= 4 is 29.5 Å². The molecule has 2 unspecified atom stereocenters. The molecule has 0 spiro atoms. The summed E-state index contributed by atoms with van der Waals surface area (Å²) >= 11 is 1.75. The Labute approximate surface area is 224 Å². The Morgan fingerprint density at radius 2 is 1.86 bits per heavy atom. The molecule has 2 aliphatic heterocycles. The van der Waals surface area contributed by atoms with Crippen molar-refractivity contribution in [3.05, 3.63) is 77.4 Å². The van der Waals surface area contributed by atoms with Crippen molar-refractivity contribution in [3.8, 4) is 0 Å². The maximum Gasteiger partial charge on any atom is 0.255 e. The summed E-state index contributed by atoms with van der Waals surface area (Å²) < 4.78 is 0. The zero-order valence-electron chi connectivity index (χ0n) is 21.8. The van der Waals surface area contributed by atoms with E-state index in [0.29, 0.717) is 18.5 Å². The molecule has 1 saturated heterocycles. The van der Waals surface area contributed by atoms with Gasteiger partial charge in [0.25, 0.3) is 5.91 Å². The first kappa shape index (κ1) is 27.1. The zero-order chi connectivity index (χ0) is 26.4. The number of hydrogen-bond donors (Lipinski definition) is 2. The molecule has 0 aliphatic carbocycles. The smallest absolute Gasteiger partial charge is 0.255 e. The Kier molecular flexibility index (Phi) is 8.87. The lowest BCUT2D eigenvalue weighted by Gasteiger charge is -2.29. The molecule has 37 heavy (non-hydrogen) atoms. The van der Waals surface area contributed by atoms with Gasteiger partial charge in [-0.25, -0.2) is 0 Å². The molecule has 6 nitrogen and oxygen atoms in total. The van der Waals surface area contributed by atoms with Gasteiger partial charge < -0.3 is 10.2 Å². The quantitative estimate of drug-likeness (QED) is 0.242. The number of aryl methyl sites for hydroxylation is 1. The van der Waals surface area contributed by atoms with Crippen LogP contribution in [0.4, 0.5) is 0 Å². The van der Waals surface area contributed by atoms with Crippen molar-refractivity contribution in [3.63, 3.8) is 0 Å². The number of fused-ring (bicyclic) bond motifs is 1. The monoisotopic (exact) mass is 519 g/mol. The second-order valence-electron chi connectivity index (χ2n) is 10.2. The van der Waals surface area contributed by atoms with Crippen LogP contribution >= 0.6 is 11.8 Å².